The quantitative estimate of drug-likeness (QED) is 0.219. The van der Waals surface area contributed by atoms with Crippen molar-refractivity contribution in [1.29, 1.82) is 0 Å². The fraction of sp³-hybridized carbons (Fsp3) is 0.421. The predicted molar refractivity (Wildman–Crippen MR) is 120 cm³/mol. The molecule has 2 rings (SSSR count). The van der Waals surface area contributed by atoms with Gasteiger partial charge in [0.2, 0.25) is 0 Å². The lowest BCUT2D eigenvalue weighted by molar-refractivity contribution is 0.105. The molecule has 0 spiro atoms. The van der Waals surface area contributed by atoms with Gasteiger partial charge < -0.3 is 19.8 Å². The van der Waals surface area contributed by atoms with Crippen LogP contribution < -0.4 is 10.6 Å². The monoisotopic (exact) mass is 507 g/mol. The molecule has 0 aliphatic rings. The molecule has 8 heteroatoms. The number of aliphatic imine (C=N–C) groups is 1. The number of rotatable bonds is 10. The van der Waals surface area contributed by atoms with Crippen molar-refractivity contribution in [2.45, 2.75) is 25.3 Å². The first-order chi connectivity index (χ1) is 12.7. The molecule has 0 aliphatic carbocycles. The van der Waals surface area contributed by atoms with E-state index in [2.05, 4.69) is 15.6 Å². The van der Waals surface area contributed by atoms with Gasteiger partial charge in [0.25, 0.3) is 0 Å². The molecule has 27 heavy (non-hydrogen) atoms. The molecular weight excluding hydrogens is 480 g/mol. The van der Waals surface area contributed by atoms with E-state index in [1.807, 2.05) is 24.5 Å². The van der Waals surface area contributed by atoms with Crippen molar-refractivity contribution in [3.05, 3.63) is 59.3 Å². The molecule has 0 saturated heterocycles. The molecular formula is C19H27FIN3O2S. The van der Waals surface area contributed by atoms with Crippen LogP contribution in [0.3, 0.4) is 0 Å². The topological polar surface area (TPSA) is 58.8 Å². The van der Waals surface area contributed by atoms with E-state index in [-0.39, 0.29) is 29.8 Å². The van der Waals surface area contributed by atoms with Gasteiger partial charge in [0.05, 0.1) is 6.26 Å². The summed E-state index contributed by atoms with van der Waals surface area (Å²) in [6.07, 6.45) is 4.51. The van der Waals surface area contributed by atoms with Crippen LogP contribution in [0.25, 0.3) is 0 Å². The molecule has 2 aromatic rings. The van der Waals surface area contributed by atoms with Crippen molar-refractivity contribution < 1.29 is 13.5 Å². The fourth-order valence-electron chi connectivity index (χ4n) is 2.40. The van der Waals surface area contributed by atoms with E-state index in [4.69, 9.17) is 9.15 Å². The molecule has 0 bridgehead atoms. The summed E-state index contributed by atoms with van der Waals surface area (Å²) < 4.78 is 24.2. The third-order valence-electron chi connectivity index (χ3n) is 3.72. The van der Waals surface area contributed by atoms with E-state index < -0.39 is 0 Å². The zero-order valence-electron chi connectivity index (χ0n) is 15.7. The van der Waals surface area contributed by atoms with Crippen molar-refractivity contribution in [3.8, 4) is 0 Å². The molecule has 1 aromatic carbocycles. The maximum absolute atomic E-state index is 13.4. The number of hydrogen-bond donors (Lipinski definition) is 2. The summed E-state index contributed by atoms with van der Waals surface area (Å²) in [6.45, 7) is 2.48. The Balaban J connectivity index is 0.00000364. The van der Waals surface area contributed by atoms with Crippen LogP contribution in [0.2, 0.25) is 0 Å². The van der Waals surface area contributed by atoms with Crippen LogP contribution in [0.15, 0.2) is 46.0 Å². The van der Waals surface area contributed by atoms with Gasteiger partial charge in [-0.3, -0.25) is 4.99 Å². The highest BCUT2D eigenvalue weighted by Gasteiger charge is 2.05. The average Bonchev–Trinajstić information content (AvgIpc) is 3.15. The average molecular weight is 507 g/mol. The molecule has 0 atom stereocenters. The summed E-state index contributed by atoms with van der Waals surface area (Å²) in [5.74, 6) is 2.13. The largest absolute Gasteiger partial charge is 0.467 e. The molecule has 0 radical (unpaired) electrons. The Morgan fingerprint density at radius 1 is 1.26 bits per heavy atom. The molecule has 0 aliphatic heterocycles. The molecule has 0 fully saturated rings. The van der Waals surface area contributed by atoms with E-state index in [0.29, 0.717) is 19.8 Å². The van der Waals surface area contributed by atoms with Crippen LogP contribution >= 0.6 is 35.7 Å². The van der Waals surface area contributed by atoms with Gasteiger partial charge in [-0.2, -0.15) is 11.8 Å². The van der Waals surface area contributed by atoms with Gasteiger partial charge in [-0.25, -0.2) is 4.39 Å². The molecule has 2 N–H and O–H groups in total. The number of guanidine groups is 1. The van der Waals surface area contributed by atoms with Crippen LogP contribution in [0.4, 0.5) is 4.39 Å². The first-order valence-corrected chi connectivity index (χ1v) is 9.93. The van der Waals surface area contributed by atoms with Gasteiger partial charge >= 0.3 is 0 Å². The third kappa shape index (κ3) is 8.98. The van der Waals surface area contributed by atoms with Crippen LogP contribution in [0, 0.1) is 5.82 Å². The van der Waals surface area contributed by atoms with Crippen LogP contribution in [-0.4, -0.2) is 32.4 Å². The molecule has 0 amide bonds. The zero-order valence-corrected chi connectivity index (χ0v) is 18.8. The fourth-order valence-corrected chi connectivity index (χ4v) is 2.98. The van der Waals surface area contributed by atoms with E-state index in [9.17, 15) is 4.39 Å². The van der Waals surface area contributed by atoms with Gasteiger partial charge in [0.15, 0.2) is 5.96 Å². The Kier molecular flexibility index (Phi) is 12.2. The summed E-state index contributed by atoms with van der Waals surface area (Å²) in [5.41, 5.74) is 2.08. The molecule has 150 valence electrons. The number of nitrogens with zero attached hydrogens (tertiary/aromatic N) is 1. The second-order valence-corrected chi connectivity index (χ2v) is 6.55. The number of thioether (sulfide) groups is 1. The minimum atomic E-state index is -0.199. The number of halogens is 2. The molecule has 5 nitrogen and oxygen atoms in total. The number of benzene rings is 1. The Morgan fingerprint density at radius 2 is 2.11 bits per heavy atom. The Labute approximate surface area is 181 Å². The maximum atomic E-state index is 13.4. The van der Waals surface area contributed by atoms with Crippen LogP contribution in [-0.2, 0) is 23.6 Å². The lowest BCUT2D eigenvalue weighted by atomic mass is 10.1. The van der Waals surface area contributed by atoms with E-state index in [1.54, 1.807) is 31.1 Å². The number of furan rings is 1. The second-order valence-electron chi connectivity index (χ2n) is 5.68. The predicted octanol–water partition coefficient (Wildman–Crippen LogP) is 4.17. The highest BCUT2D eigenvalue weighted by Crippen LogP contribution is 2.16. The van der Waals surface area contributed by atoms with E-state index in [0.717, 1.165) is 41.6 Å². The summed E-state index contributed by atoms with van der Waals surface area (Å²) in [6, 6.07) is 8.66. The Bertz CT molecular complexity index is 684. The van der Waals surface area contributed by atoms with Gasteiger partial charge in [-0.1, -0.05) is 6.07 Å². The van der Waals surface area contributed by atoms with Crippen LogP contribution in [0.5, 0.6) is 0 Å². The third-order valence-corrected chi connectivity index (χ3v) is 4.32. The minimum absolute atomic E-state index is 0. The summed E-state index contributed by atoms with van der Waals surface area (Å²) >= 11 is 1.68. The van der Waals surface area contributed by atoms with Crippen molar-refractivity contribution in [2.75, 3.05) is 26.5 Å². The number of nitrogens with one attached hydrogen (secondary N) is 2. The van der Waals surface area contributed by atoms with E-state index >= 15 is 0 Å². The standard InChI is InChI=1S/C19H26FN3O2S.HI/c1-21-19(22-8-4-9-24-13-18-5-3-10-25-18)23-12-15-6-7-17(20)11-16(15)14-26-2;/h3,5-7,10-11H,4,8-9,12-14H2,1-2H3,(H2,21,22,23);1H. The Hall–Kier alpha value is -1.26. The number of ether oxygens (including phenoxy) is 1. The molecule has 0 unspecified atom stereocenters. The molecule has 0 saturated carbocycles. The second kappa shape index (κ2) is 13.8. The van der Waals surface area contributed by atoms with Crippen LogP contribution in [0.1, 0.15) is 23.3 Å². The molecule has 1 aromatic heterocycles. The summed E-state index contributed by atoms with van der Waals surface area (Å²) in [4.78, 5) is 4.21. The lowest BCUT2D eigenvalue weighted by Gasteiger charge is -2.14. The first kappa shape index (κ1) is 23.8. The first-order valence-electron chi connectivity index (χ1n) is 8.54. The molecule has 1 heterocycles. The SMILES string of the molecule is CN=C(NCCCOCc1ccco1)NCc1ccc(F)cc1CSC.I. The highest BCUT2D eigenvalue weighted by molar-refractivity contribution is 14.0. The minimum Gasteiger partial charge on any atom is -0.467 e. The Morgan fingerprint density at radius 3 is 2.81 bits per heavy atom. The van der Waals surface area contributed by atoms with Crippen molar-refractivity contribution in [3.63, 3.8) is 0 Å². The highest BCUT2D eigenvalue weighted by atomic mass is 127. The van der Waals surface area contributed by atoms with Gasteiger partial charge in [0.1, 0.15) is 18.2 Å². The normalized spacial score (nSPS) is 11.1. The van der Waals surface area contributed by atoms with Gasteiger partial charge in [-0.15, -0.1) is 24.0 Å². The van der Waals surface area contributed by atoms with Crippen molar-refractivity contribution >= 4 is 41.7 Å². The van der Waals surface area contributed by atoms with Crippen molar-refractivity contribution in [2.24, 2.45) is 4.99 Å². The zero-order chi connectivity index (χ0) is 18.6. The maximum Gasteiger partial charge on any atom is 0.191 e. The smallest absolute Gasteiger partial charge is 0.191 e. The van der Waals surface area contributed by atoms with E-state index in [1.165, 1.54) is 6.07 Å². The summed E-state index contributed by atoms with van der Waals surface area (Å²) in [7, 11) is 1.73. The van der Waals surface area contributed by atoms with Crippen molar-refractivity contribution in [1.82, 2.24) is 10.6 Å². The van der Waals surface area contributed by atoms with Gasteiger partial charge in [0, 0.05) is 32.5 Å². The number of hydrogen-bond acceptors (Lipinski definition) is 4. The lowest BCUT2D eigenvalue weighted by Crippen LogP contribution is -2.37. The van der Waals surface area contributed by atoms with Gasteiger partial charge in [-0.05, 0) is 48.1 Å². The summed E-state index contributed by atoms with van der Waals surface area (Å²) in [5, 5.41) is 6.52.